The van der Waals surface area contributed by atoms with E-state index < -0.39 is 0 Å². The number of phenols is 1. The molecule has 0 saturated heterocycles. The van der Waals surface area contributed by atoms with Crippen molar-refractivity contribution in [1.29, 1.82) is 0 Å². The molecule has 2 aromatic rings. The first-order valence-electron chi connectivity index (χ1n) is 7.30. The number of nitrogens with one attached hydrogen (secondary N) is 2. The minimum absolute atomic E-state index is 0.239. The number of urea groups is 1. The molecule has 0 radical (unpaired) electrons. The van der Waals surface area contributed by atoms with Gasteiger partial charge in [-0.15, -0.1) is 0 Å². The molecule has 0 aliphatic rings. The molecule has 0 spiro atoms. The normalized spacial score (nSPS) is 10.5. The minimum atomic E-state index is -0.256. The Balaban J connectivity index is 1.69. The maximum absolute atomic E-state index is 11.6. The Morgan fingerprint density at radius 3 is 2.48 bits per heavy atom. The van der Waals surface area contributed by atoms with Crippen molar-refractivity contribution in [3.8, 4) is 11.5 Å². The summed E-state index contributed by atoms with van der Waals surface area (Å²) in [5.74, 6) is 1.03. The molecule has 5 nitrogen and oxygen atoms in total. The fraction of sp³-hybridized carbons (Fsp3) is 0.167. The zero-order chi connectivity index (χ0) is 16.5. The lowest BCUT2D eigenvalue weighted by atomic mass is 10.1. The van der Waals surface area contributed by atoms with Crippen molar-refractivity contribution in [3.05, 3.63) is 65.9 Å². The Labute approximate surface area is 135 Å². The van der Waals surface area contributed by atoms with Gasteiger partial charge in [-0.2, -0.15) is 0 Å². The average molecular weight is 312 g/mol. The second-order valence-electron chi connectivity index (χ2n) is 4.92. The van der Waals surface area contributed by atoms with Crippen molar-refractivity contribution in [2.75, 3.05) is 13.7 Å². The number of ether oxygens (including phenoxy) is 1. The van der Waals surface area contributed by atoms with Crippen LogP contribution in [-0.2, 0) is 6.42 Å². The Morgan fingerprint density at radius 2 is 1.83 bits per heavy atom. The molecule has 0 aliphatic carbocycles. The third-order valence-electron chi connectivity index (χ3n) is 3.24. The number of phenolic OH excluding ortho intramolecular Hbond substituents is 1. The number of benzene rings is 2. The lowest BCUT2D eigenvalue weighted by molar-refractivity contribution is 0.244. The maximum Gasteiger partial charge on any atom is 0.318 e. The average Bonchev–Trinajstić information content (AvgIpc) is 2.57. The summed E-state index contributed by atoms with van der Waals surface area (Å²) < 4.78 is 5.08. The van der Waals surface area contributed by atoms with E-state index in [1.54, 1.807) is 31.5 Å². The second kappa shape index (κ2) is 8.48. The van der Waals surface area contributed by atoms with Crippen LogP contribution in [0.4, 0.5) is 4.79 Å². The molecule has 0 aromatic heterocycles. The molecule has 2 amide bonds. The van der Waals surface area contributed by atoms with Crippen LogP contribution in [0.1, 0.15) is 11.1 Å². The molecule has 0 heterocycles. The lowest BCUT2D eigenvalue weighted by Crippen LogP contribution is -2.33. The smallest absolute Gasteiger partial charge is 0.318 e. The molecule has 0 unspecified atom stereocenters. The van der Waals surface area contributed by atoms with Crippen molar-refractivity contribution in [2.45, 2.75) is 6.42 Å². The third kappa shape index (κ3) is 5.74. The van der Waals surface area contributed by atoms with Crippen LogP contribution in [0.2, 0.25) is 0 Å². The standard InChI is InChI=1S/C18H20N2O3/c1-23-17-8-4-15(5-9-17)11-13-20-18(22)19-12-10-14-2-6-16(21)7-3-14/h2-9,11,13,21H,10,12H2,1H3,(H2,19,20,22)/b13-11+. The van der Waals surface area contributed by atoms with Crippen LogP contribution < -0.4 is 15.4 Å². The molecule has 2 rings (SSSR count). The molecule has 120 valence electrons. The van der Waals surface area contributed by atoms with E-state index in [9.17, 15) is 9.90 Å². The Morgan fingerprint density at radius 1 is 1.13 bits per heavy atom. The second-order valence-corrected chi connectivity index (χ2v) is 4.92. The van der Waals surface area contributed by atoms with E-state index >= 15 is 0 Å². The molecule has 23 heavy (non-hydrogen) atoms. The van der Waals surface area contributed by atoms with Crippen LogP contribution in [0.25, 0.3) is 6.08 Å². The highest BCUT2D eigenvalue weighted by molar-refractivity contribution is 5.75. The van der Waals surface area contributed by atoms with Crippen molar-refractivity contribution < 1.29 is 14.6 Å². The summed E-state index contributed by atoms with van der Waals surface area (Å²) >= 11 is 0. The topological polar surface area (TPSA) is 70.6 Å². The first kappa shape index (κ1) is 16.4. The van der Waals surface area contributed by atoms with Crippen molar-refractivity contribution in [3.63, 3.8) is 0 Å². The number of amides is 2. The Hall–Kier alpha value is -2.95. The highest BCUT2D eigenvalue weighted by Gasteiger charge is 1.98. The first-order valence-corrected chi connectivity index (χ1v) is 7.30. The van der Waals surface area contributed by atoms with Crippen LogP contribution in [0, 0.1) is 0 Å². The summed E-state index contributed by atoms with van der Waals surface area (Å²) in [5, 5.41) is 14.6. The SMILES string of the molecule is COc1ccc(/C=C/NC(=O)NCCc2ccc(O)cc2)cc1. The van der Waals surface area contributed by atoms with Gasteiger partial charge in [-0.25, -0.2) is 4.79 Å². The highest BCUT2D eigenvalue weighted by atomic mass is 16.5. The van der Waals surface area contributed by atoms with Crippen LogP contribution in [-0.4, -0.2) is 24.8 Å². The molecule has 5 heteroatoms. The van der Waals surface area contributed by atoms with Crippen LogP contribution in [0.5, 0.6) is 11.5 Å². The number of aromatic hydroxyl groups is 1. The van der Waals surface area contributed by atoms with E-state index in [4.69, 9.17) is 4.74 Å². The van der Waals surface area contributed by atoms with Crippen molar-refractivity contribution in [2.24, 2.45) is 0 Å². The van der Waals surface area contributed by atoms with Gasteiger partial charge in [0.25, 0.3) is 0 Å². The summed E-state index contributed by atoms with van der Waals surface area (Å²) in [6.45, 7) is 0.521. The fourth-order valence-corrected chi connectivity index (χ4v) is 1.96. The molecule has 2 aromatic carbocycles. The van der Waals surface area contributed by atoms with Gasteiger partial charge in [0.2, 0.25) is 0 Å². The van der Waals surface area contributed by atoms with Gasteiger partial charge in [0.15, 0.2) is 0 Å². The maximum atomic E-state index is 11.6. The number of hydrogen-bond donors (Lipinski definition) is 3. The number of methoxy groups -OCH3 is 1. The fourth-order valence-electron chi connectivity index (χ4n) is 1.96. The van der Waals surface area contributed by atoms with E-state index in [1.807, 2.05) is 36.4 Å². The molecule has 0 saturated carbocycles. The molecule has 0 aliphatic heterocycles. The predicted octanol–water partition coefficient (Wildman–Crippen LogP) is 2.91. The molecule has 0 fully saturated rings. The number of carbonyl (C=O) groups is 1. The lowest BCUT2D eigenvalue weighted by Gasteiger charge is -2.05. The van der Waals surface area contributed by atoms with E-state index in [-0.39, 0.29) is 11.8 Å². The highest BCUT2D eigenvalue weighted by Crippen LogP contribution is 2.12. The number of hydrogen-bond acceptors (Lipinski definition) is 3. The third-order valence-corrected chi connectivity index (χ3v) is 3.24. The van der Waals surface area contributed by atoms with Gasteiger partial charge >= 0.3 is 6.03 Å². The monoisotopic (exact) mass is 312 g/mol. The quantitative estimate of drug-likeness (QED) is 0.768. The van der Waals surface area contributed by atoms with Crippen LogP contribution in [0.3, 0.4) is 0 Å². The molecule has 0 bridgehead atoms. The molecular formula is C18H20N2O3. The van der Waals surface area contributed by atoms with Gasteiger partial charge < -0.3 is 20.5 Å². The Bertz CT molecular complexity index is 649. The summed E-state index contributed by atoms with van der Waals surface area (Å²) in [7, 11) is 1.62. The summed E-state index contributed by atoms with van der Waals surface area (Å²) in [6.07, 6.45) is 4.10. The largest absolute Gasteiger partial charge is 0.508 e. The zero-order valence-electron chi connectivity index (χ0n) is 13.0. The van der Waals surface area contributed by atoms with Gasteiger partial charge in [-0.05, 0) is 47.9 Å². The number of carbonyl (C=O) groups excluding carboxylic acids is 1. The molecule has 3 N–H and O–H groups in total. The van der Waals surface area contributed by atoms with Crippen LogP contribution >= 0.6 is 0 Å². The van der Waals surface area contributed by atoms with E-state index in [0.717, 1.165) is 16.9 Å². The van der Waals surface area contributed by atoms with Crippen LogP contribution in [0.15, 0.2) is 54.7 Å². The van der Waals surface area contributed by atoms with Gasteiger partial charge in [0, 0.05) is 12.7 Å². The van der Waals surface area contributed by atoms with Gasteiger partial charge in [0.1, 0.15) is 11.5 Å². The summed E-state index contributed by atoms with van der Waals surface area (Å²) in [4.78, 5) is 11.6. The molecular weight excluding hydrogens is 292 g/mol. The Kier molecular flexibility index (Phi) is 6.06. The van der Waals surface area contributed by atoms with E-state index in [1.165, 1.54) is 0 Å². The minimum Gasteiger partial charge on any atom is -0.508 e. The van der Waals surface area contributed by atoms with Crippen molar-refractivity contribution in [1.82, 2.24) is 10.6 Å². The van der Waals surface area contributed by atoms with Gasteiger partial charge in [0.05, 0.1) is 7.11 Å². The summed E-state index contributed by atoms with van der Waals surface area (Å²) in [6, 6.07) is 14.2. The zero-order valence-corrected chi connectivity index (χ0v) is 13.0. The van der Waals surface area contributed by atoms with E-state index in [2.05, 4.69) is 10.6 Å². The number of rotatable bonds is 6. The van der Waals surface area contributed by atoms with Crippen molar-refractivity contribution >= 4 is 12.1 Å². The summed E-state index contributed by atoms with van der Waals surface area (Å²) in [5.41, 5.74) is 2.02. The predicted molar refractivity (Wildman–Crippen MR) is 90.4 cm³/mol. The van der Waals surface area contributed by atoms with Gasteiger partial charge in [-0.1, -0.05) is 24.3 Å². The van der Waals surface area contributed by atoms with Gasteiger partial charge in [-0.3, -0.25) is 0 Å². The van der Waals surface area contributed by atoms with E-state index in [0.29, 0.717) is 13.0 Å². The first-order chi connectivity index (χ1) is 11.2. The molecule has 0 atom stereocenters.